The Bertz CT molecular complexity index is 660. The molecular formula is C15H17NO4. The molecular weight excluding hydrogens is 258 g/mol. The third kappa shape index (κ3) is 3.24. The number of ether oxygens (including phenoxy) is 1. The molecule has 0 spiro atoms. The van der Waals surface area contributed by atoms with Crippen molar-refractivity contribution in [2.45, 2.75) is 13.3 Å². The number of hydrogen-bond donors (Lipinski definition) is 1. The fourth-order valence-electron chi connectivity index (χ4n) is 1.82. The van der Waals surface area contributed by atoms with E-state index in [2.05, 4.69) is 4.99 Å². The van der Waals surface area contributed by atoms with Crippen molar-refractivity contribution in [3.63, 3.8) is 0 Å². The summed E-state index contributed by atoms with van der Waals surface area (Å²) in [7, 11) is 0. The summed E-state index contributed by atoms with van der Waals surface area (Å²) in [6.07, 6.45) is 2.13. The van der Waals surface area contributed by atoms with Crippen molar-refractivity contribution < 1.29 is 14.3 Å². The van der Waals surface area contributed by atoms with E-state index in [-0.39, 0.29) is 11.3 Å². The maximum absolute atomic E-state index is 11.8. The zero-order valence-electron chi connectivity index (χ0n) is 11.3. The van der Waals surface area contributed by atoms with Crippen LogP contribution in [-0.4, -0.2) is 31.1 Å². The third-order valence-electron chi connectivity index (χ3n) is 2.82. The highest BCUT2D eigenvalue weighted by molar-refractivity contribution is 5.93. The molecule has 0 bridgehead atoms. The predicted octanol–water partition coefficient (Wildman–Crippen LogP) is 2.34. The van der Waals surface area contributed by atoms with Gasteiger partial charge in [0.05, 0.1) is 5.39 Å². The Morgan fingerprint density at radius 3 is 3.00 bits per heavy atom. The van der Waals surface area contributed by atoms with Crippen molar-refractivity contribution in [1.82, 2.24) is 0 Å². The average molecular weight is 275 g/mol. The van der Waals surface area contributed by atoms with E-state index < -0.39 is 5.63 Å². The second-order valence-electron chi connectivity index (χ2n) is 4.23. The fraction of sp³-hybridized carbons (Fsp3) is 0.333. The molecule has 2 aromatic rings. The molecule has 1 heterocycles. The number of nitrogens with zero attached hydrogens (tertiary/aromatic N) is 1. The summed E-state index contributed by atoms with van der Waals surface area (Å²) >= 11 is 0. The van der Waals surface area contributed by atoms with E-state index in [1.165, 1.54) is 6.21 Å². The largest absolute Gasteiger partial charge is 0.506 e. The Kier molecular flexibility index (Phi) is 4.90. The Morgan fingerprint density at radius 2 is 2.20 bits per heavy atom. The predicted molar refractivity (Wildman–Crippen MR) is 77.7 cm³/mol. The van der Waals surface area contributed by atoms with Crippen LogP contribution in [-0.2, 0) is 4.74 Å². The van der Waals surface area contributed by atoms with Crippen LogP contribution in [0.15, 0.2) is 38.5 Å². The first-order valence-corrected chi connectivity index (χ1v) is 6.56. The Balaban J connectivity index is 2.17. The van der Waals surface area contributed by atoms with Gasteiger partial charge in [0.25, 0.3) is 0 Å². The Labute approximate surface area is 116 Å². The van der Waals surface area contributed by atoms with Gasteiger partial charge in [-0.25, -0.2) is 4.79 Å². The summed E-state index contributed by atoms with van der Waals surface area (Å²) in [5, 5.41) is 10.6. The van der Waals surface area contributed by atoms with Crippen LogP contribution in [0.25, 0.3) is 11.0 Å². The number of aliphatic imine (C=N–C) groups is 1. The van der Waals surface area contributed by atoms with Crippen LogP contribution in [0, 0.1) is 0 Å². The zero-order chi connectivity index (χ0) is 14.4. The van der Waals surface area contributed by atoms with Crippen molar-refractivity contribution in [3.8, 4) is 5.75 Å². The van der Waals surface area contributed by atoms with Crippen LogP contribution >= 0.6 is 0 Å². The van der Waals surface area contributed by atoms with E-state index >= 15 is 0 Å². The molecule has 0 atom stereocenters. The highest BCUT2D eigenvalue weighted by atomic mass is 16.5. The number of rotatable bonds is 6. The van der Waals surface area contributed by atoms with E-state index in [0.717, 1.165) is 6.42 Å². The Morgan fingerprint density at radius 1 is 1.40 bits per heavy atom. The standard InChI is InChI=1S/C15H17NO4/c1-2-19-9-5-8-16-10-12-14(17)11-6-3-4-7-13(11)20-15(12)18/h3-4,6-7,10,17H,2,5,8-9H2,1H3. The van der Waals surface area contributed by atoms with Crippen molar-refractivity contribution in [2.75, 3.05) is 19.8 Å². The first kappa shape index (κ1) is 14.3. The van der Waals surface area contributed by atoms with E-state index in [9.17, 15) is 9.90 Å². The van der Waals surface area contributed by atoms with E-state index in [1.54, 1.807) is 24.3 Å². The summed E-state index contributed by atoms with van der Waals surface area (Å²) in [5.41, 5.74) is -0.140. The van der Waals surface area contributed by atoms with Gasteiger partial charge in [-0.2, -0.15) is 0 Å². The minimum Gasteiger partial charge on any atom is -0.506 e. The first-order valence-electron chi connectivity index (χ1n) is 6.56. The molecule has 0 aliphatic rings. The van der Waals surface area contributed by atoms with Crippen LogP contribution in [0.4, 0.5) is 0 Å². The number of benzene rings is 1. The van der Waals surface area contributed by atoms with Crippen LogP contribution in [0.5, 0.6) is 5.75 Å². The molecule has 5 heteroatoms. The van der Waals surface area contributed by atoms with Crippen LogP contribution in [0.2, 0.25) is 0 Å². The highest BCUT2D eigenvalue weighted by Crippen LogP contribution is 2.24. The molecule has 0 amide bonds. The molecule has 5 nitrogen and oxygen atoms in total. The molecule has 1 aromatic heterocycles. The second-order valence-corrected chi connectivity index (χ2v) is 4.23. The van der Waals surface area contributed by atoms with Gasteiger partial charge in [-0.15, -0.1) is 0 Å². The molecule has 0 fully saturated rings. The summed E-state index contributed by atoms with van der Waals surface area (Å²) < 4.78 is 10.3. The molecule has 0 saturated heterocycles. The maximum Gasteiger partial charge on any atom is 0.348 e. The minimum absolute atomic E-state index is 0.0834. The van der Waals surface area contributed by atoms with Gasteiger partial charge in [-0.05, 0) is 25.5 Å². The second kappa shape index (κ2) is 6.86. The normalized spacial score (nSPS) is 11.4. The zero-order valence-corrected chi connectivity index (χ0v) is 11.3. The van der Waals surface area contributed by atoms with Gasteiger partial charge in [0.1, 0.15) is 16.9 Å². The topological polar surface area (TPSA) is 72.0 Å². The monoisotopic (exact) mass is 275 g/mol. The van der Waals surface area contributed by atoms with E-state index in [1.807, 2.05) is 6.92 Å². The molecule has 2 rings (SSSR count). The lowest BCUT2D eigenvalue weighted by atomic mass is 10.1. The molecule has 20 heavy (non-hydrogen) atoms. The fourth-order valence-corrected chi connectivity index (χ4v) is 1.82. The van der Waals surface area contributed by atoms with Crippen LogP contribution in [0.3, 0.4) is 0 Å². The van der Waals surface area contributed by atoms with Crippen molar-refractivity contribution >= 4 is 17.2 Å². The van der Waals surface area contributed by atoms with Gasteiger partial charge in [-0.3, -0.25) is 4.99 Å². The molecule has 106 valence electrons. The lowest BCUT2D eigenvalue weighted by molar-refractivity contribution is 0.146. The van der Waals surface area contributed by atoms with Crippen molar-refractivity contribution in [2.24, 2.45) is 4.99 Å². The quantitative estimate of drug-likeness (QED) is 0.499. The minimum atomic E-state index is -0.588. The molecule has 1 N–H and O–H groups in total. The SMILES string of the molecule is CCOCCCN=Cc1c(O)c2ccccc2oc1=O. The lowest BCUT2D eigenvalue weighted by Crippen LogP contribution is -2.07. The van der Waals surface area contributed by atoms with Crippen molar-refractivity contribution in [1.29, 1.82) is 0 Å². The van der Waals surface area contributed by atoms with Gasteiger partial charge in [0, 0.05) is 26.0 Å². The van der Waals surface area contributed by atoms with Crippen LogP contribution in [0.1, 0.15) is 18.9 Å². The summed E-state index contributed by atoms with van der Waals surface area (Å²) in [4.78, 5) is 15.9. The van der Waals surface area contributed by atoms with Gasteiger partial charge >= 0.3 is 5.63 Å². The molecule has 0 aliphatic carbocycles. The third-order valence-corrected chi connectivity index (χ3v) is 2.82. The van der Waals surface area contributed by atoms with Crippen molar-refractivity contribution in [3.05, 3.63) is 40.2 Å². The number of fused-ring (bicyclic) bond motifs is 1. The summed E-state index contributed by atoms with van der Waals surface area (Å²) in [5.74, 6) is -0.0922. The molecule has 0 unspecified atom stereocenters. The van der Waals surface area contributed by atoms with Gasteiger partial charge in [0.2, 0.25) is 0 Å². The van der Waals surface area contributed by atoms with Gasteiger partial charge in [-0.1, -0.05) is 12.1 Å². The van der Waals surface area contributed by atoms with Gasteiger partial charge < -0.3 is 14.3 Å². The van der Waals surface area contributed by atoms with Gasteiger partial charge in [0.15, 0.2) is 0 Å². The highest BCUT2D eigenvalue weighted by Gasteiger charge is 2.11. The molecule has 0 radical (unpaired) electrons. The van der Waals surface area contributed by atoms with E-state index in [4.69, 9.17) is 9.15 Å². The van der Waals surface area contributed by atoms with E-state index in [0.29, 0.717) is 30.7 Å². The maximum atomic E-state index is 11.8. The summed E-state index contributed by atoms with van der Waals surface area (Å²) in [6.45, 7) is 3.78. The first-order chi connectivity index (χ1) is 9.74. The number of para-hydroxylation sites is 1. The smallest absolute Gasteiger partial charge is 0.348 e. The summed E-state index contributed by atoms with van der Waals surface area (Å²) in [6, 6.07) is 6.84. The molecule has 1 aromatic carbocycles. The van der Waals surface area contributed by atoms with Crippen LogP contribution < -0.4 is 5.63 Å². The average Bonchev–Trinajstić information content (AvgIpc) is 2.45. The number of aromatic hydroxyl groups is 1. The number of hydrogen-bond acceptors (Lipinski definition) is 5. The molecule has 0 saturated carbocycles. The Hall–Kier alpha value is -2.14. The molecule has 0 aliphatic heterocycles. The lowest BCUT2D eigenvalue weighted by Gasteiger charge is -2.02.